The molecule has 0 N–H and O–H groups in total. The van der Waals surface area contributed by atoms with Gasteiger partial charge in [0.2, 0.25) is 0 Å². The van der Waals surface area contributed by atoms with Gasteiger partial charge in [-0.05, 0) is 72.5 Å². The molecule has 0 saturated heterocycles. The van der Waals surface area contributed by atoms with Crippen molar-refractivity contribution in [3.63, 3.8) is 0 Å². The third-order valence-corrected chi connectivity index (χ3v) is 7.21. The molecular weight excluding hydrogens is 402 g/mol. The summed E-state index contributed by atoms with van der Waals surface area (Å²) in [5.41, 5.74) is 5.81. The number of carbonyl (C=O) groups is 2. The van der Waals surface area contributed by atoms with Gasteiger partial charge in [0, 0.05) is 28.5 Å². The Hall–Kier alpha value is -2.70. The number of hydrogen-bond donors (Lipinski definition) is 0. The summed E-state index contributed by atoms with van der Waals surface area (Å²) in [6, 6.07) is 12.0. The highest BCUT2D eigenvalue weighted by atomic mass is 32.1. The number of aryl methyl sites for hydroxylation is 2. The fraction of sp³-hybridized carbons (Fsp3) is 0.217. The van der Waals surface area contributed by atoms with Gasteiger partial charge in [0.1, 0.15) is 5.75 Å². The summed E-state index contributed by atoms with van der Waals surface area (Å²) in [4.78, 5) is 28.7. The largest absolute Gasteiger partial charge is 0.497 e. The van der Waals surface area contributed by atoms with Gasteiger partial charge in [-0.15, -0.1) is 22.7 Å². The van der Waals surface area contributed by atoms with E-state index in [-0.39, 0.29) is 0 Å². The number of hydrogen-bond acceptors (Lipinski definition) is 6. The lowest BCUT2D eigenvalue weighted by Gasteiger charge is -2.19. The molecule has 0 aliphatic carbocycles. The summed E-state index contributed by atoms with van der Waals surface area (Å²) in [6.07, 6.45) is 1.83. The first-order valence-electron chi connectivity index (χ1n) is 9.27. The van der Waals surface area contributed by atoms with Crippen molar-refractivity contribution in [1.29, 1.82) is 0 Å². The maximum Gasteiger partial charge on any atom is 0.160 e. The van der Waals surface area contributed by atoms with E-state index in [9.17, 15) is 9.59 Å². The van der Waals surface area contributed by atoms with Crippen LogP contribution in [-0.2, 0) is 0 Å². The number of anilines is 1. The van der Waals surface area contributed by atoms with E-state index in [2.05, 4.69) is 30.9 Å². The van der Waals surface area contributed by atoms with E-state index in [1.165, 1.54) is 33.8 Å². The zero-order valence-corrected chi connectivity index (χ0v) is 18.2. The normalized spacial score (nSPS) is 13.8. The zero-order chi connectivity index (χ0) is 20.5. The smallest absolute Gasteiger partial charge is 0.160 e. The number of thiophene rings is 2. The molecule has 4 nitrogen and oxygen atoms in total. The molecule has 1 aliphatic rings. The van der Waals surface area contributed by atoms with Gasteiger partial charge in [-0.25, -0.2) is 0 Å². The molecule has 2 aromatic heterocycles. The van der Waals surface area contributed by atoms with Crippen LogP contribution in [0.3, 0.4) is 0 Å². The molecule has 1 aromatic carbocycles. The predicted molar refractivity (Wildman–Crippen MR) is 121 cm³/mol. The maximum absolute atomic E-state index is 11.3. The molecule has 29 heavy (non-hydrogen) atoms. The van der Waals surface area contributed by atoms with Crippen molar-refractivity contribution >= 4 is 52.1 Å². The Morgan fingerprint density at radius 3 is 1.72 bits per heavy atom. The molecule has 3 heterocycles. The Balaban J connectivity index is 1.79. The van der Waals surface area contributed by atoms with E-state index in [0.717, 1.165) is 67.7 Å². The highest BCUT2D eigenvalue weighted by molar-refractivity contribution is 7.14. The zero-order valence-electron chi connectivity index (χ0n) is 16.5. The highest BCUT2D eigenvalue weighted by Gasteiger charge is 2.28. The molecule has 0 amide bonds. The van der Waals surface area contributed by atoms with E-state index in [4.69, 9.17) is 4.74 Å². The second-order valence-electron chi connectivity index (χ2n) is 6.98. The Labute approximate surface area is 178 Å². The molecule has 0 atom stereocenters. The Morgan fingerprint density at radius 2 is 1.34 bits per heavy atom. The van der Waals surface area contributed by atoms with Crippen LogP contribution < -0.4 is 9.64 Å². The van der Waals surface area contributed by atoms with Crippen molar-refractivity contribution in [2.45, 2.75) is 13.8 Å². The van der Waals surface area contributed by atoms with Crippen LogP contribution >= 0.6 is 22.7 Å². The fourth-order valence-electron chi connectivity index (χ4n) is 3.83. The van der Waals surface area contributed by atoms with Gasteiger partial charge in [0.15, 0.2) is 12.6 Å². The van der Waals surface area contributed by atoms with E-state index in [0.29, 0.717) is 0 Å². The van der Waals surface area contributed by atoms with E-state index in [1.54, 1.807) is 7.11 Å². The molecule has 0 spiro atoms. The van der Waals surface area contributed by atoms with Crippen LogP contribution in [0.5, 0.6) is 5.75 Å². The lowest BCUT2D eigenvalue weighted by molar-refractivity contribution is 0.111. The molecular formula is C23H21NO3S2. The topological polar surface area (TPSA) is 46.6 Å². The van der Waals surface area contributed by atoms with Gasteiger partial charge in [-0.3, -0.25) is 9.59 Å². The summed E-state index contributed by atoms with van der Waals surface area (Å²) in [5.74, 6) is 0.829. The summed E-state index contributed by atoms with van der Waals surface area (Å²) < 4.78 is 5.28. The molecule has 4 rings (SSSR count). The molecule has 0 saturated carbocycles. The number of benzene rings is 1. The molecule has 148 valence electrons. The minimum atomic E-state index is 0.739. The number of aldehydes is 2. The second kappa shape index (κ2) is 7.97. The maximum atomic E-state index is 11.3. The van der Waals surface area contributed by atoms with Crippen LogP contribution in [0.25, 0.3) is 11.1 Å². The van der Waals surface area contributed by atoms with Gasteiger partial charge >= 0.3 is 0 Å². The van der Waals surface area contributed by atoms with Crippen LogP contribution in [0.1, 0.15) is 40.2 Å². The van der Waals surface area contributed by atoms with Gasteiger partial charge in [-0.2, -0.15) is 0 Å². The fourth-order valence-corrected chi connectivity index (χ4v) is 5.57. The lowest BCUT2D eigenvalue weighted by atomic mass is 9.97. The van der Waals surface area contributed by atoms with Crippen molar-refractivity contribution in [2.75, 3.05) is 25.1 Å². The predicted octanol–water partition coefficient (Wildman–Crippen LogP) is 5.49. The Kier molecular flexibility index (Phi) is 5.39. The molecule has 0 bridgehead atoms. The van der Waals surface area contributed by atoms with Gasteiger partial charge < -0.3 is 9.64 Å². The molecule has 0 fully saturated rings. The summed E-state index contributed by atoms with van der Waals surface area (Å²) in [5, 5.41) is 0. The standard InChI is InChI=1S/C23H21NO3S2/c1-14-20(8-18(12-25)28-14)22-10-24(16-4-6-17(27-3)7-5-16)11-23(22)21-9-19(13-26)29-15(21)2/h4-9,12-13H,10-11H2,1-3H3. The first-order valence-corrected chi connectivity index (χ1v) is 10.9. The van der Waals surface area contributed by atoms with Crippen LogP contribution in [0.4, 0.5) is 5.69 Å². The van der Waals surface area contributed by atoms with Crippen molar-refractivity contribution in [3.8, 4) is 5.75 Å². The minimum Gasteiger partial charge on any atom is -0.497 e. The van der Waals surface area contributed by atoms with E-state index >= 15 is 0 Å². The first-order chi connectivity index (χ1) is 14.0. The molecule has 0 unspecified atom stereocenters. The Bertz CT molecular complexity index is 1040. The number of nitrogens with zero attached hydrogens (tertiary/aromatic N) is 1. The first kappa shape index (κ1) is 19.6. The third kappa shape index (κ3) is 3.66. The summed E-state index contributed by atoms with van der Waals surface area (Å²) in [6.45, 7) is 5.63. The van der Waals surface area contributed by atoms with Gasteiger partial charge in [0.25, 0.3) is 0 Å². The van der Waals surface area contributed by atoms with Crippen molar-refractivity contribution < 1.29 is 14.3 Å². The van der Waals surface area contributed by atoms with Crippen molar-refractivity contribution in [1.82, 2.24) is 0 Å². The van der Waals surface area contributed by atoms with Crippen LogP contribution in [0.15, 0.2) is 36.4 Å². The van der Waals surface area contributed by atoms with Gasteiger partial charge in [0.05, 0.1) is 16.9 Å². The average Bonchev–Trinajstić information content (AvgIpc) is 3.43. The van der Waals surface area contributed by atoms with Crippen LogP contribution in [0.2, 0.25) is 0 Å². The average molecular weight is 424 g/mol. The monoisotopic (exact) mass is 423 g/mol. The van der Waals surface area contributed by atoms with Crippen molar-refractivity contribution in [2.24, 2.45) is 0 Å². The van der Waals surface area contributed by atoms with Crippen LogP contribution in [0, 0.1) is 13.8 Å². The van der Waals surface area contributed by atoms with Gasteiger partial charge in [-0.1, -0.05) is 0 Å². The number of ether oxygens (including phenoxy) is 1. The highest BCUT2D eigenvalue weighted by Crippen LogP contribution is 2.41. The SMILES string of the molecule is COc1ccc(N2CC(c3cc(C=O)sc3C)=C(c3cc(C=O)sc3C)C2)cc1. The summed E-state index contributed by atoms with van der Waals surface area (Å²) in [7, 11) is 1.66. The summed E-state index contributed by atoms with van der Waals surface area (Å²) >= 11 is 3.05. The lowest BCUT2D eigenvalue weighted by Crippen LogP contribution is -2.20. The Morgan fingerprint density at radius 1 is 0.862 bits per heavy atom. The molecule has 0 radical (unpaired) electrons. The van der Waals surface area contributed by atoms with E-state index < -0.39 is 0 Å². The molecule has 3 aromatic rings. The molecule has 6 heteroatoms. The van der Waals surface area contributed by atoms with Crippen LogP contribution in [-0.4, -0.2) is 32.8 Å². The second-order valence-corrected chi connectivity index (χ2v) is 9.56. The number of carbonyl (C=O) groups excluding carboxylic acids is 2. The van der Waals surface area contributed by atoms with E-state index in [1.807, 2.05) is 24.3 Å². The van der Waals surface area contributed by atoms with Crippen molar-refractivity contribution in [3.05, 3.63) is 67.0 Å². The minimum absolute atomic E-state index is 0.739. The number of rotatable bonds is 6. The quantitative estimate of drug-likeness (QED) is 0.492. The molecule has 1 aliphatic heterocycles. The third-order valence-electron chi connectivity index (χ3n) is 5.26. The number of methoxy groups -OCH3 is 1.